The molecule has 77 heavy (non-hydrogen) atoms. The van der Waals surface area contributed by atoms with Gasteiger partial charge in [0.15, 0.2) is 0 Å². The van der Waals surface area contributed by atoms with Gasteiger partial charge in [-0.3, -0.25) is 0 Å². The molecule has 4 heteroatoms. The lowest BCUT2D eigenvalue weighted by atomic mass is 9.90. The molecule has 15 aromatic rings. The standard InChI is InChI=1S/C73H46N4/c1-7-20-47(21-8-1)64-41-55(42-65(74-64)48-22-9-2-10-23-48)53-34-37-70-61(38-53)63-40-54(56-43-66(49-24-11-3-12-25-49)75-67(44-56)50-26-13-4-14-27-50)39-62-60-36-35-58(59-32-19-33-71(72(59)60)77(70)73(62)63)57-45-68(51-28-15-5-16-29-51)76-69(46-57)52-30-17-6-18-31-52/h1-46H. The Kier molecular flexibility index (Phi) is 10.5. The summed E-state index contributed by atoms with van der Waals surface area (Å²) in [5, 5.41) is 7.17. The Bertz CT molecular complexity index is 4520. The average molecular weight is 979 g/mol. The molecule has 0 spiro atoms. The zero-order chi connectivity index (χ0) is 50.8. The zero-order valence-electron chi connectivity index (χ0n) is 41.8. The Labute approximate surface area is 445 Å². The van der Waals surface area contributed by atoms with E-state index in [-0.39, 0.29) is 0 Å². The lowest BCUT2D eigenvalue weighted by Gasteiger charge is -2.18. The minimum absolute atomic E-state index is 0.931. The van der Waals surface area contributed by atoms with Crippen molar-refractivity contribution in [1.29, 1.82) is 0 Å². The van der Waals surface area contributed by atoms with Gasteiger partial charge >= 0.3 is 0 Å². The summed E-state index contributed by atoms with van der Waals surface area (Å²) in [6.45, 7) is 0. The van der Waals surface area contributed by atoms with E-state index in [0.29, 0.717) is 0 Å². The van der Waals surface area contributed by atoms with Crippen LogP contribution in [0.1, 0.15) is 0 Å². The molecule has 0 saturated heterocycles. The summed E-state index contributed by atoms with van der Waals surface area (Å²) in [5.74, 6) is 0. The van der Waals surface area contributed by atoms with Gasteiger partial charge in [-0.2, -0.15) is 0 Å². The fraction of sp³-hybridized carbons (Fsp3) is 0. The van der Waals surface area contributed by atoms with Gasteiger partial charge < -0.3 is 4.40 Å². The summed E-state index contributed by atoms with van der Waals surface area (Å²) < 4.78 is 2.53. The van der Waals surface area contributed by atoms with E-state index in [4.69, 9.17) is 15.0 Å². The normalized spacial score (nSPS) is 11.6. The van der Waals surface area contributed by atoms with Crippen LogP contribution in [0, 0.1) is 0 Å². The zero-order valence-corrected chi connectivity index (χ0v) is 41.8. The molecule has 0 aliphatic heterocycles. The second-order valence-corrected chi connectivity index (χ2v) is 19.9. The molecule has 0 radical (unpaired) electrons. The van der Waals surface area contributed by atoms with Crippen LogP contribution in [0.15, 0.2) is 279 Å². The van der Waals surface area contributed by atoms with Gasteiger partial charge in [0.1, 0.15) is 0 Å². The maximum Gasteiger partial charge on any atom is 0.0715 e. The summed E-state index contributed by atoms with van der Waals surface area (Å²) in [7, 11) is 0. The van der Waals surface area contributed by atoms with Gasteiger partial charge in [-0.1, -0.05) is 212 Å². The molecule has 358 valence electrons. The highest BCUT2D eigenvalue weighted by Gasteiger charge is 2.23. The lowest BCUT2D eigenvalue weighted by molar-refractivity contribution is 1.32. The maximum atomic E-state index is 5.31. The van der Waals surface area contributed by atoms with Gasteiger partial charge in [-0.05, 0) is 111 Å². The first kappa shape index (κ1) is 44.2. The van der Waals surface area contributed by atoms with Crippen molar-refractivity contribution in [3.63, 3.8) is 0 Å². The van der Waals surface area contributed by atoms with Crippen molar-refractivity contribution in [3.8, 4) is 101 Å². The Balaban J connectivity index is 1.02. The second-order valence-electron chi connectivity index (χ2n) is 19.9. The molecule has 0 aliphatic rings. The van der Waals surface area contributed by atoms with Crippen LogP contribution in [0.25, 0.3) is 150 Å². The Morgan fingerprint density at radius 1 is 0.208 bits per heavy atom. The molecule has 0 fully saturated rings. The third kappa shape index (κ3) is 7.73. The third-order valence-corrected chi connectivity index (χ3v) is 15.3. The number of hydrogen-bond donors (Lipinski definition) is 0. The first-order valence-electron chi connectivity index (χ1n) is 26.2. The van der Waals surface area contributed by atoms with E-state index >= 15 is 0 Å². The summed E-state index contributed by atoms with van der Waals surface area (Å²) in [5.41, 5.74) is 22.3. The maximum absolute atomic E-state index is 5.31. The van der Waals surface area contributed by atoms with Crippen LogP contribution < -0.4 is 0 Å². The topological polar surface area (TPSA) is 43.1 Å². The van der Waals surface area contributed by atoms with Crippen molar-refractivity contribution in [1.82, 2.24) is 19.4 Å². The molecular weight excluding hydrogens is 933 g/mol. The third-order valence-electron chi connectivity index (χ3n) is 15.3. The van der Waals surface area contributed by atoms with E-state index in [1.807, 2.05) is 0 Å². The average Bonchev–Trinajstić information content (AvgIpc) is 3.96. The smallest absolute Gasteiger partial charge is 0.0715 e. The molecule has 0 bridgehead atoms. The molecular formula is C73H46N4. The van der Waals surface area contributed by atoms with Gasteiger partial charge in [0.25, 0.3) is 0 Å². The Hall–Kier alpha value is -10.3. The van der Waals surface area contributed by atoms with Gasteiger partial charge in [-0.25, -0.2) is 15.0 Å². The monoisotopic (exact) mass is 978 g/mol. The largest absolute Gasteiger partial charge is 0.308 e. The van der Waals surface area contributed by atoms with E-state index in [0.717, 1.165) is 112 Å². The van der Waals surface area contributed by atoms with Gasteiger partial charge in [0.2, 0.25) is 0 Å². The van der Waals surface area contributed by atoms with Crippen molar-refractivity contribution in [3.05, 3.63) is 279 Å². The SMILES string of the molecule is c1ccc(-c2cc(-c3ccc4c(c3)c3cc(-c5cc(-c6ccccc6)nc(-c6ccccc6)c5)cc5c6ccc(-c7cc(-c8ccccc8)nc(-c8ccccc8)c7)c7cccc(c76)n4c53)cc(-c3ccccc3)n2)cc1. The Morgan fingerprint density at radius 2 is 0.571 bits per heavy atom. The van der Waals surface area contributed by atoms with Crippen LogP contribution >= 0.6 is 0 Å². The number of nitrogens with zero attached hydrogens (tertiary/aromatic N) is 4. The first-order chi connectivity index (χ1) is 38.1. The van der Waals surface area contributed by atoms with Crippen molar-refractivity contribution < 1.29 is 0 Å². The number of pyridine rings is 4. The predicted octanol–water partition coefficient (Wildman–Crippen LogP) is 19.2. The van der Waals surface area contributed by atoms with Crippen LogP contribution in [0.2, 0.25) is 0 Å². The van der Waals surface area contributed by atoms with Crippen LogP contribution in [0.3, 0.4) is 0 Å². The molecule has 0 saturated carbocycles. The fourth-order valence-corrected chi connectivity index (χ4v) is 11.6. The van der Waals surface area contributed by atoms with Gasteiger partial charge in [0.05, 0.1) is 50.7 Å². The molecule has 5 aromatic heterocycles. The molecule has 5 heterocycles. The highest BCUT2D eigenvalue weighted by molar-refractivity contribution is 6.29. The van der Waals surface area contributed by atoms with Gasteiger partial charge in [0, 0.05) is 54.9 Å². The molecule has 0 N–H and O–H groups in total. The number of fused-ring (bicyclic) bond motifs is 5. The van der Waals surface area contributed by atoms with Crippen molar-refractivity contribution in [2.24, 2.45) is 0 Å². The van der Waals surface area contributed by atoms with E-state index in [9.17, 15) is 0 Å². The molecule has 0 aliphatic carbocycles. The highest BCUT2D eigenvalue weighted by Crippen LogP contribution is 2.47. The molecule has 0 amide bonds. The van der Waals surface area contributed by atoms with Crippen LogP contribution in [0.4, 0.5) is 0 Å². The summed E-state index contributed by atoms with van der Waals surface area (Å²) in [6.07, 6.45) is 0. The van der Waals surface area contributed by atoms with Crippen molar-refractivity contribution in [2.75, 3.05) is 0 Å². The van der Waals surface area contributed by atoms with E-state index in [2.05, 4.69) is 283 Å². The molecule has 0 unspecified atom stereocenters. The Morgan fingerprint density at radius 3 is 1.00 bits per heavy atom. The lowest BCUT2D eigenvalue weighted by Crippen LogP contribution is -1.96. The van der Waals surface area contributed by atoms with Crippen LogP contribution in [-0.2, 0) is 0 Å². The number of hydrogen-bond acceptors (Lipinski definition) is 3. The fourth-order valence-electron chi connectivity index (χ4n) is 11.6. The molecule has 4 nitrogen and oxygen atoms in total. The summed E-state index contributed by atoms with van der Waals surface area (Å²) in [4.78, 5) is 15.8. The van der Waals surface area contributed by atoms with Crippen molar-refractivity contribution in [2.45, 2.75) is 0 Å². The second kappa shape index (κ2) is 18.3. The molecule has 0 atom stereocenters. The van der Waals surface area contributed by atoms with E-state index in [1.165, 1.54) is 37.8 Å². The number of benzene rings is 10. The summed E-state index contributed by atoms with van der Waals surface area (Å²) in [6, 6.07) is 100. The van der Waals surface area contributed by atoms with Crippen molar-refractivity contribution >= 4 is 48.9 Å². The summed E-state index contributed by atoms with van der Waals surface area (Å²) >= 11 is 0. The first-order valence-corrected chi connectivity index (χ1v) is 26.2. The van der Waals surface area contributed by atoms with Crippen LogP contribution in [-0.4, -0.2) is 19.4 Å². The number of aromatic nitrogens is 4. The predicted molar refractivity (Wildman–Crippen MR) is 321 cm³/mol. The van der Waals surface area contributed by atoms with Gasteiger partial charge in [-0.15, -0.1) is 0 Å². The minimum Gasteiger partial charge on any atom is -0.308 e. The minimum atomic E-state index is 0.931. The van der Waals surface area contributed by atoms with Crippen LogP contribution in [0.5, 0.6) is 0 Å². The molecule has 10 aromatic carbocycles. The van der Waals surface area contributed by atoms with E-state index < -0.39 is 0 Å². The molecule has 15 rings (SSSR count). The highest BCUT2D eigenvalue weighted by atomic mass is 14.9. The van der Waals surface area contributed by atoms with E-state index in [1.54, 1.807) is 0 Å². The number of rotatable bonds is 9. The quantitative estimate of drug-likeness (QED) is 0.107.